The van der Waals surface area contributed by atoms with Crippen LogP contribution in [0.3, 0.4) is 0 Å². The number of rotatable bonds is 1. The summed E-state index contributed by atoms with van der Waals surface area (Å²) in [4.78, 5) is 25.7. The molecule has 1 aliphatic carbocycles. The predicted octanol–water partition coefficient (Wildman–Crippen LogP) is 3.41. The number of Topliss-reactive ketones (excluding diaryl/α,β-unsaturated/α-hetero) is 1. The Kier molecular flexibility index (Phi) is 3.66. The summed E-state index contributed by atoms with van der Waals surface area (Å²) < 4.78 is 38.7. The first-order chi connectivity index (χ1) is 10.8. The molecule has 0 saturated carbocycles. The van der Waals surface area contributed by atoms with Gasteiger partial charge in [0, 0.05) is 24.7 Å². The van der Waals surface area contributed by atoms with Gasteiger partial charge in [-0.05, 0) is 30.5 Å². The highest BCUT2D eigenvalue weighted by Crippen LogP contribution is 2.38. The van der Waals surface area contributed by atoms with Gasteiger partial charge in [-0.25, -0.2) is 4.79 Å². The Morgan fingerprint density at radius 2 is 1.96 bits per heavy atom. The molecule has 0 aromatic heterocycles. The van der Waals surface area contributed by atoms with Crippen LogP contribution < -0.4 is 5.32 Å². The summed E-state index contributed by atoms with van der Waals surface area (Å²) in [5, 5.41) is 2.63. The molecule has 0 radical (unpaired) electrons. The van der Waals surface area contributed by atoms with Crippen molar-refractivity contribution in [1.29, 1.82) is 0 Å². The first kappa shape index (κ1) is 15.6. The first-order valence-corrected chi connectivity index (χ1v) is 7.26. The van der Waals surface area contributed by atoms with Gasteiger partial charge in [-0.3, -0.25) is 4.79 Å². The number of urea groups is 1. The molecule has 2 aliphatic rings. The van der Waals surface area contributed by atoms with Crippen molar-refractivity contribution in [1.82, 2.24) is 10.2 Å². The van der Waals surface area contributed by atoms with E-state index >= 15 is 0 Å². The number of allylic oxidation sites excluding steroid dienone is 1. The van der Waals surface area contributed by atoms with Crippen molar-refractivity contribution >= 4 is 11.8 Å². The maximum atomic E-state index is 12.9. The van der Waals surface area contributed by atoms with Crippen LogP contribution in [0.5, 0.6) is 0 Å². The lowest BCUT2D eigenvalue weighted by Crippen LogP contribution is -2.47. The molecule has 0 spiro atoms. The molecule has 1 heterocycles. The highest BCUT2D eigenvalue weighted by molar-refractivity contribution is 6.00. The van der Waals surface area contributed by atoms with Crippen LogP contribution in [0.15, 0.2) is 35.5 Å². The number of nitrogens with one attached hydrogen (secondary N) is 1. The second-order valence-electron chi connectivity index (χ2n) is 5.70. The molecule has 3 rings (SSSR count). The number of carbonyl (C=O) groups is 2. The van der Waals surface area contributed by atoms with E-state index in [0.29, 0.717) is 30.5 Å². The lowest BCUT2D eigenvalue weighted by molar-refractivity contribution is -0.137. The normalized spacial score (nSPS) is 22.1. The monoisotopic (exact) mass is 324 g/mol. The van der Waals surface area contributed by atoms with Gasteiger partial charge in [0.05, 0.1) is 11.6 Å². The molecule has 7 heteroatoms. The Morgan fingerprint density at radius 1 is 1.22 bits per heavy atom. The first-order valence-electron chi connectivity index (χ1n) is 7.26. The molecule has 1 aliphatic heterocycles. The average Bonchev–Trinajstić information content (AvgIpc) is 2.50. The van der Waals surface area contributed by atoms with Crippen LogP contribution in [0.4, 0.5) is 18.0 Å². The Balaban J connectivity index is 2.10. The summed E-state index contributed by atoms with van der Waals surface area (Å²) in [7, 11) is 1.56. The zero-order valence-corrected chi connectivity index (χ0v) is 12.4. The van der Waals surface area contributed by atoms with Gasteiger partial charge in [-0.1, -0.05) is 12.1 Å². The van der Waals surface area contributed by atoms with E-state index in [4.69, 9.17) is 0 Å². The fourth-order valence-corrected chi connectivity index (χ4v) is 3.08. The van der Waals surface area contributed by atoms with Crippen LogP contribution in [0.1, 0.15) is 36.4 Å². The molecule has 0 bridgehead atoms. The van der Waals surface area contributed by atoms with Crippen molar-refractivity contribution in [3.8, 4) is 0 Å². The SMILES string of the molecule is CN1C(=O)N[C@H](c2cccc(C(F)(F)F)c2)C2=C1CCCC2=O. The molecule has 1 N–H and O–H groups in total. The maximum absolute atomic E-state index is 12.9. The molecule has 23 heavy (non-hydrogen) atoms. The molecular formula is C16H15F3N2O2. The second-order valence-corrected chi connectivity index (χ2v) is 5.70. The van der Waals surface area contributed by atoms with Gasteiger partial charge in [0.1, 0.15) is 0 Å². The number of amides is 2. The number of hydrogen-bond acceptors (Lipinski definition) is 2. The van der Waals surface area contributed by atoms with Crippen molar-refractivity contribution in [2.24, 2.45) is 0 Å². The molecule has 1 aromatic carbocycles. The van der Waals surface area contributed by atoms with Crippen molar-refractivity contribution in [2.45, 2.75) is 31.5 Å². The van der Waals surface area contributed by atoms with Crippen LogP contribution in [-0.2, 0) is 11.0 Å². The largest absolute Gasteiger partial charge is 0.416 e. The summed E-state index contributed by atoms with van der Waals surface area (Å²) in [6, 6.07) is 3.50. The molecule has 0 unspecified atom stereocenters. The zero-order valence-electron chi connectivity index (χ0n) is 12.4. The van der Waals surface area contributed by atoms with Crippen LogP contribution in [-0.4, -0.2) is 23.8 Å². The van der Waals surface area contributed by atoms with Gasteiger partial charge in [-0.15, -0.1) is 0 Å². The molecule has 2 amide bonds. The highest BCUT2D eigenvalue weighted by Gasteiger charge is 2.38. The number of alkyl halides is 3. The summed E-state index contributed by atoms with van der Waals surface area (Å²) in [6.07, 6.45) is -2.91. The Morgan fingerprint density at radius 3 is 2.65 bits per heavy atom. The molecule has 4 nitrogen and oxygen atoms in total. The Labute approximate surface area is 131 Å². The third kappa shape index (κ3) is 2.71. The number of ketones is 1. The highest BCUT2D eigenvalue weighted by atomic mass is 19.4. The van der Waals surface area contributed by atoms with Crippen LogP contribution in [0, 0.1) is 0 Å². The van der Waals surface area contributed by atoms with Crippen LogP contribution in [0.2, 0.25) is 0 Å². The van der Waals surface area contributed by atoms with E-state index in [0.717, 1.165) is 12.1 Å². The van der Waals surface area contributed by atoms with Gasteiger partial charge in [0.15, 0.2) is 5.78 Å². The summed E-state index contributed by atoms with van der Waals surface area (Å²) in [5.41, 5.74) is 0.475. The lowest BCUT2D eigenvalue weighted by Gasteiger charge is -2.37. The number of halogens is 3. The fourth-order valence-electron chi connectivity index (χ4n) is 3.08. The standard InChI is InChI=1S/C16H15F3N2O2/c1-21-11-6-3-7-12(22)13(11)14(20-15(21)23)9-4-2-5-10(8-9)16(17,18)19/h2,4-5,8,14H,3,6-7H2,1H3,(H,20,23)/t14-/m1/s1. The van der Waals surface area contributed by atoms with E-state index in [2.05, 4.69) is 5.32 Å². The van der Waals surface area contributed by atoms with Crippen molar-refractivity contribution < 1.29 is 22.8 Å². The van der Waals surface area contributed by atoms with E-state index in [1.54, 1.807) is 7.05 Å². The minimum atomic E-state index is -4.47. The van der Waals surface area contributed by atoms with Crippen molar-refractivity contribution in [2.75, 3.05) is 7.05 Å². The Hall–Kier alpha value is -2.31. The average molecular weight is 324 g/mol. The summed E-state index contributed by atoms with van der Waals surface area (Å²) >= 11 is 0. The third-order valence-electron chi connectivity index (χ3n) is 4.24. The Bertz CT molecular complexity index is 710. The van der Waals surface area contributed by atoms with E-state index < -0.39 is 23.8 Å². The topological polar surface area (TPSA) is 49.4 Å². The molecule has 0 saturated heterocycles. The predicted molar refractivity (Wildman–Crippen MR) is 76.4 cm³/mol. The van der Waals surface area contributed by atoms with E-state index in [1.807, 2.05) is 0 Å². The molecule has 122 valence electrons. The molecule has 1 aromatic rings. The van der Waals surface area contributed by atoms with Gasteiger partial charge < -0.3 is 10.2 Å². The van der Waals surface area contributed by atoms with Gasteiger partial charge >= 0.3 is 12.2 Å². The van der Waals surface area contributed by atoms with Crippen molar-refractivity contribution in [3.05, 3.63) is 46.7 Å². The van der Waals surface area contributed by atoms with E-state index in [9.17, 15) is 22.8 Å². The second kappa shape index (κ2) is 5.40. The van der Waals surface area contributed by atoms with Crippen molar-refractivity contribution in [3.63, 3.8) is 0 Å². The number of benzene rings is 1. The van der Waals surface area contributed by atoms with E-state index in [-0.39, 0.29) is 11.3 Å². The third-order valence-corrected chi connectivity index (χ3v) is 4.24. The maximum Gasteiger partial charge on any atom is 0.416 e. The molecular weight excluding hydrogens is 309 g/mol. The van der Waals surface area contributed by atoms with Gasteiger partial charge in [0.25, 0.3) is 0 Å². The van der Waals surface area contributed by atoms with Crippen LogP contribution in [0.25, 0.3) is 0 Å². The summed E-state index contributed by atoms with van der Waals surface area (Å²) in [6.45, 7) is 0. The van der Waals surface area contributed by atoms with Gasteiger partial charge in [0.2, 0.25) is 0 Å². The molecule has 0 fully saturated rings. The van der Waals surface area contributed by atoms with E-state index in [1.165, 1.54) is 17.0 Å². The smallest absolute Gasteiger partial charge is 0.327 e. The minimum Gasteiger partial charge on any atom is -0.327 e. The lowest BCUT2D eigenvalue weighted by atomic mass is 9.84. The summed E-state index contributed by atoms with van der Waals surface area (Å²) in [5.74, 6) is -0.125. The van der Waals surface area contributed by atoms with Crippen LogP contribution >= 0.6 is 0 Å². The quantitative estimate of drug-likeness (QED) is 0.860. The fraction of sp³-hybridized carbons (Fsp3) is 0.375. The zero-order chi connectivity index (χ0) is 16.8. The number of carbonyl (C=O) groups excluding carboxylic acids is 2. The minimum absolute atomic E-state index is 0.125. The number of nitrogens with zero attached hydrogens (tertiary/aromatic N) is 1. The number of hydrogen-bond donors (Lipinski definition) is 1. The van der Waals surface area contributed by atoms with Gasteiger partial charge in [-0.2, -0.15) is 13.2 Å². The molecule has 1 atom stereocenters.